The molecule has 0 aromatic heterocycles. The molecule has 2 aliphatic rings. The van der Waals surface area contributed by atoms with Gasteiger partial charge in [-0.25, -0.2) is 0 Å². The minimum atomic E-state index is -0.506. The van der Waals surface area contributed by atoms with Gasteiger partial charge >= 0.3 is 0 Å². The average molecular weight is 272 g/mol. The summed E-state index contributed by atoms with van der Waals surface area (Å²) in [6.45, 7) is 0.761. The zero-order valence-electron chi connectivity index (χ0n) is 10.3. The van der Waals surface area contributed by atoms with Crippen molar-refractivity contribution >= 4 is 34.9 Å². The number of amides is 1. The molecule has 0 spiro atoms. The number of thiocarbonyl (C=S) groups is 1. The lowest BCUT2D eigenvalue weighted by atomic mass is 10.0. The van der Waals surface area contributed by atoms with Crippen molar-refractivity contribution in [1.29, 1.82) is 0 Å². The van der Waals surface area contributed by atoms with Crippen molar-refractivity contribution in [3.8, 4) is 0 Å². The van der Waals surface area contributed by atoms with E-state index in [2.05, 4.69) is 11.6 Å². The molecule has 2 saturated carbocycles. The third kappa shape index (κ3) is 2.45. The highest BCUT2D eigenvalue weighted by Crippen LogP contribution is 2.46. The monoisotopic (exact) mass is 272 g/mol. The first-order valence-electron chi connectivity index (χ1n) is 6.18. The van der Waals surface area contributed by atoms with E-state index < -0.39 is 5.41 Å². The summed E-state index contributed by atoms with van der Waals surface area (Å²) in [6.07, 6.45) is 8.73. The van der Waals surface area contributed by atoms with Crippen LogP contribution in [-0.2, 0) is 4.79 Å². The molecule has 96 valence electrons. The second-order valence-corrected chi connectivity index (χ2v) is 6.94. The molecule has 2 fully saturated rings. The van der Waals surface area contributed by atoms with Crippen LogP contribution in [0.15, 0.2) is 0 Å². The number of carbonyl (C=O) groups excluding carboxylic acids is 1. The van der Waals surface area contributed by atoms with Gasteiger partial charge in [0.15, 0.2) is 0 Å². The molecular weight excluding hydrogens is 252 g/mol. The number of hydrogen-bond donors (Lipinski definition) is 2. The molecule has 0 aromatic rings. The molecule has 0 radical (unpaired) electrons. The van der Waals surface area contributed by atoms with Gasteiger partial charge in [-0.1, -0.05) is 25.1 Å². The first-order valence-corrected chi connectivity index (χ1v) is 7.81. The summed E-state index contributed by atoms with van der Waals surface area (Å²) in [4.78, 5) is 12.5. The maximum absolute atomic E-state index is 12.1. The van der Waals surface area contributed by atoms with Crippen LogP contribution in [0.4, 0.5) is 0 Å². The molecule has 3 N–H and O–H groups in total. The quantitative estimate of drug-likeness (QED) is 0.750. The Morgan fingerprint density at radius 2 is 1.94 bits per heavy atom. The Bertz CT molecular complexity index is 333. The lowest BCUT2D eigenvalue weighted by Crippen LogP contribution is -2.45. The predicted molar refractivity (Wildman–Crippen MR) is 76.2 cm³/mol. The van der Waals surface area contributed by atoms with E-state index in [1.807, 2.05) is 11.8 Å². The molecule has 0 bridgehead atoms. The third-order valence-corrected chi connectivity index (χ3v) is 5.98. The molecule has 17 heavy (non-hydrogen) atoms. The van der Waals surface area contributed by atoms with Gasteiger partial charge < -0.3 is 11.1 Å². The second kappa shape index (κ2) is 4.76. The van der Waals surface area contributed by atoms with E-state index in [0.717, 1.165) is 19.4 Å². The molecule has 2 aliphatic carbocycles. The second-order valence-electron chi connectivity index (χ2n) is 5.22. The van der Waals surface area contributed by atoms with Crippen molar-refractivity contribution in [3.63, 3.8) is 0 Å². The number of nitrogens with two attached hydrogens (primary N) is 1. The molecule has 3 nitrogen and oxygen atoms in total. The van der Waals surface area contributed by atoms with Crippen LogP contribution in [-0.4, -0.2) is 28.4 Å². The highest BCUT2D eigenvalue weighted by molar-refractivity contribution is 8.00. The topological polar surface area (TPSA) is 55.1 Å². The van der Waals surface area contributed by atoms with Crippen LogP contribution < -0.4 is 11.1 Å². The molecule has 0 atom stereocenters. The summed E-state index contributed by atoms with van der Waals surface area (Å²) in [5.41, 5.74) is 5.14. The van der Waals surface area contributed by atoms with Crippen LogP contribution in [0, 0.1) is 5.41 Å². The van der Waals surface area contributed by atoms with Crippen LogP contribution in [0.3, 0.4) is 0 Å². The summed E-state index contributed by atoms with van der Waals surface area (Å²) in [5, 5.41) is 3.07. The molecule has 0 unspecified atom stereocenters. The molecule has 0 aliphatic heterocycles. The fraction of sp³-hybridized carbons (Fsp3) is 0.833. The van der Waals surface area contributed by atoms with Crippen LogP contribution in [0.25, 0.3) is 0 Å². The Kier molecular flexibility index (Phi) is 3.69. The van der Waals surface area contributed by atoms with Gasteiger partial charge in [-0.2, -0.15) is 11.8 Å². The fourth-order valence-electron chi connectivity index (χ4n) is 2.59. The third-order valence-electron chi connectivity index (χ3n) is 4.18. The molecule has 0 saturated heterocycles. The molecule has 2 rings (SSSR count). The van der Waals surface area contributed by atoms with Gasteiger partial charge in [-0.3, -0.25) is 4.79 Å². The number of hydrogen-bond acceptors (Lipinski definition) is 3. The van der Waals surface area contributed by atoms with E-state index in [4.69, 9.17) is 18.0 Å². The number of carbonyl (C=O) groups is 1. The molecule has 0 aromatic carbocycles. The van der Waals surface area contributed by atoms with Crippen molar-refractivity contribution in [3.05, 3.63) is 0 Å². The van der Waals surface area contributed by atoms with Crippen molar-refractivity contribution in [2.45, 2.75) is 43.3 Å². The maximum Gasteiger partial charge on any atom is 0.233 e. The minimum absolute atomic E-state index is 0.0466. The largest absolute Gasteiger partial charge is 0.392 e. The van der Waals surface area contributed by atoms with E-state index in [1.165, 1.54) is 25.7 Å². The van der Waals surface area contributed by atoms with Gasteiger partial charge in [0.1, 0.15) is 0 Å². The van der Waals surface area contributed by atoms with E-state index in [-0.39, 0.29) is 10.7 Å². The van der Waals surface area contributed by atoms with Crippen molar-refractivity contribution < 1.29 is 4.79 Å². The summed E-state index contributed by atoms with van der Waals surface area (Å²) < 4.78 is 0.252. The highest BCUT2D eigenvalue weighted by atomic mass is 32.2. The van der Waals surface area contributed by atoms with Gasteiger partial charge in [0.05, 0.1) is 10.4 Å². The van der Waals surface area contributed by atoms with Crippen molar-refractivity contribution in [2.24, 2.45) is 11.1 Å². The molecule has 0 heterocycles. The van der Waals surface area contributed by atoms with Gasteiger partial charge in [0.2, 0.25) is 5.91 Å². The summed E-state index contributed by atoms with van der Waals surface area (Å²) in [5.74, 6) is 0.0466. The zero-order valence-corrected chi connectivity index (χ0v) is 11.9. The summed E-state index contributed by atoms with van der Waals surface area (Å²) >= 11 is 6.87. The van der Waals surface area contributed by atoms with Crippen LogP contribution in [0.5, 0.6) is 0 Å². The van der Waals surface area contributed by atoms with Gasteiger partial charge in [-0.15, -0.1) is 0 Å². The van der Waals surface area contributed by atoms with Gasteiger partial charge in [0, 0.05) is 11.3 Å². The first-order chi connectivity index (χ1) is 8.05. The Hall–Kier alpha value is -0.290. The van der Waals surface area contributed by atoms with Crippen LogP contribution in [0.2, 0.25) is 0 Å². The van der Waals surface area contributed by atoms with Crippen LogP contribution >= 0.6 is 24.0 Å². The standard InChI is InChI=1S/C12H20N2OS2/c1-17-11(4-2-3-5-11)8-14-10(15)12(6-7-12)9(13)16/h2-8H2,1H3,(H2,13,16)(H,14,15). The number of thioether (sulfide) groups is 1. The lowest BCUT2D eigenvalue weighted by Gasteiger charge is -2.28. The fourth-order valence-corrected chi connectivity index (χ4v) is 3.80. The van der Waals surface area contributed by atoms with Gasteiger partial charge in [-0.05, 0) is 31.9 Å². The number of nitrogens with one attached hydrogen (secondary N) is 1. The smallest absolute Gasteiger partial charge is 0.233 e. The van der Waals surface area contributed by atoms with E-state index in [0.29, 0.717) is 4.99 Å². The molecular formula is C12H20N2OS2. The Labute approximate surface area is 112 Å². The predicted octanol–water partition coefficient (Wildman–Crippen LogP) is 1.84. The molecule has 5 heteroatoms. The zero-order chi connectivity index (χ0) is 12.5. The first kappa shape index (κ1) is 13.1. The van der Waals surface area contributed by atoms with Crippen LogP contribution in [0.1, 0.15) is 38.5 Å². The molecule has 1 amide bonds. The van der Waals surface area contributed by atoms with Crippen molar-refractivity contribution in [1.82, 2.24) is 5.32 Å². The Morgan fingerprint density at radius 1 is 1.35 bits per heavy atom. The maximum atomic E-state index is 12.1. The minimum Gasteiger partial charge on any atom is -0.392 e. The number of rotatable bonds is 5. The van der Waals surface area contributed by atoms with E-state index in [9.17, 15) is 4.79 Å². The SMILES string of the molecule is CSC1(CNC(=O)C2(C(N)=S)CC2)CCCC1. The highest BCUT2D eigenvalue weighted by Gasteiger charge is 2.53. The van der Waals surface area contributed by atoms with Gasteiger partial charge in [0.25, 0.3) is 0 Å². The Balaban J connectivity index is 1.90. The van der Waals surface area contributed by atoms with Crippen molar-refractivity contribution in [2.75, 3.05) is 12.8 Å². The summed E-state index contributed by atoms with van der Waals surface area (Å²) in [7, 11) is 0. The van der Waals surface area contributed by atoms with E-state index in [1.54, 1.807) is 0 Å². The average Bonchev–Trinajstić information content (AvgIpc) is 3.01. The van der Waals surface area contributed by atoms with E-state index >= 15 is 0 Å². The normalized spacial score (nSPS) is 24.3. The Morgan fingerprint density at radius 3 is 2.35 bits per heavy atom. The summed E-state index contributed by atoms with van der Waals surface area (Å²) in [6, 6.07) is 0. The lowest BCUT2D eigenvalue weighted by molar-refractivity contribution is -0.124.